The fraction of sp³-hybridized carbons (Fsp3) is 0.143. The molecular weight excluding hydrogens is 342 g/mol. The molecule has 0 amide bonds. The van der Waals surface area contributed by atoms with Crippen LogP contribution in [0.1, 0.15) is 5.56 Å². The molecule has 130 valence electrons. The van der Waals surface area contributed by atoms with E-state index in [4.69, 9.17) is 14.7 Å². The van der Waals surface area contributed by atoms with E-state index in [1.807, 2.05) is 41.8 Å². The molecule has 2 heterocycles. The van der Waals surface area contributed by atoms with Crippen LogP contribution in [0.25, 0.3) is 21.6 Å². The van der Waals surface area contributed by atoms with E-state index in [1.54, 1.807) is 18.4 Å². The van der Waals surface area contributed by atoms with Crippen LogP contribution < -0.4 is 10.1 Å². The normalized spacial score (nSPS) is 10.8. The van der Waals surface area contributed by atoms with Gasteiger partial charge in [0.15, 0.2) is 5.82 Å². The van der Waals surface area contributed by atoms with Crippen molar-refractivity contribution >= 4 is 28.1 Å². The van der Waals surface area contributed by atoms with Crippen molar-refractivity contribution in [2.45, 2.75) is 6.42 Å². The summed E-state index contributed by atoms with van der Waals surface area (Å²) < 4.78 is 5.21. The van der Waals surface area contributed by atoms with Gasteiger partial charge in [-0.1, -0.05) is 30.3 Å². The van der Waals surface area contributed by atoms with Crippen molar-refractivity contribution in [3.8, 4) is 16.5 Å². The van der Waals surface area contributed by atoms with Gasteiger partial charge in [0.05, 0.1) is 17.5 Å². The van der Waals surface area contributed by atoms with E-state index < -0.39 is 0 Å². The number of fused-ring (bicyclic) bond motifs is 1. The molecule has 2 aromatic heterocycles. The first-order valence-electron chi connectivity index (χ1n) is 8.51. The minimum Gasteiger partial charge on any atom is -0.497 e. The predicted molar refractivity (Wildman–Crippen MR) is 108 cm³/mol. The highest BCUT2D eigenvalue weighted by molar-refractivity contribution is 7.13. The lowest BCUT2D eigenvalue weighted by Gasteiger charge is -2.10. The number of nitrogens with one attached hydrogen (secondary N) is 1. The van der Waals surface area contributed by atoms with Crippen LogP contribution in [0.5, 0.6) is 5.75 Å². The zero-order valence-electron chi connectivity index (χ0n) is 14.5. The summed E-state index contributed by atoms with van der Waals surface area (Å²) in [6.45, 7) is 0.803. The van der Waals surface area contributed by atoms with Gasteiger partial charge < -0.3 is 10.1 Å². The molecule has 0 bridgehead atoms. The van der Waals surface area contributed by atoms with Gasteiger partial charge in [-0.2, -0.15) is 0 Å². The average molecular weight is 361 g/mol. The number of ether oxygens (including phenoxy) is 1. The second-order valence-corrected chi connectivity index (χ2v) is 6.86. The molecule has 2 aromatic carbocycles. The number of nitrogens with zero attached hydrogens (tertiary/aromatic N) is 2. The van der Waals surface area contributed by atoms with Crippen LogP contribution in [-0.2, 0) is 6.42 Å². The number of anilines is 1. The lowest BCUT2D eigenvalue weighted by Crippen LogP contribution is -2.08. The van der Waals surface area contributed by atoms with Crippen molar-refractivity contribution in [1.29, 1.82) is 0 Å². The number of para-hydroxylation sites is 1. The van der Waals surface area contributed by atoms with E-state index in [-0.39, 0.29) is 0 Å². The van der Waals surface area contributed by atoms with E-state index >= 15 is 0 Å². The van der Waals surface area contributed by atoms with Gasteiger partial charge in [-0.25, -0.2) is 9.97 Å². The van der Waals surface area contributed by atoms with Crippen LogP contribution in [0.15, 0.2) is 66.0 Å². The summed E-state index contributed by atoms with van der Waals surface area (Å²) in [7, 11) is 1.68. The Balaban J connectivity index is 1.56. The monoisotopic (exact) mass is 361 g/mol. The van der Waals surface area contributed by atoms with Crippen LogP contribution in [0.3, 0.4) is 0 Å². The Morgan fingerprint density at radius 1 is 0.962 bits per heavy atom. The van der Waals surface area contributed by atoms with Gasteiger partial charge in [-0.3, -0.25) is 0 Å². The first kappa shape index (κ1) is 16.5. The highest BCUT2D eigenvalue weighted by Gasteiger charge is 2.09. The maximum absolute atomic E-state index is 5.21. The van der Waals surface area contributed by atoms with Crippen molar-refractivity contribution in [1.82, 2.24) is 9.97 Å². The van der Waals surface area contributed by atoms with Gasteiger partial charge in [-0.05, 0) is 47.7 Å². The van der Waals surface area contributed by atoms with Crippen molar-refractivity contribution in [2.24, 2.45) is 0 Å². The van der Waals surface area contributed by atoms with E-state index in [0.717, 1.165) is 46.1 Å². The van der Waals surface area contributed by atoms with Gasteiger partial charge in [0.2, 0.25) is 0 Å². The molecule has 0 unspecified atom stereocenters. The molecule has 4 nitrogen and oxygen atoms in total. The largest absolute Gasteiger partial charge is 0.497 e. The minimum absolute atomic E-state index is 0.769. The molecule has 0 aliphatic rings. The van der Waals surface area contributed by atoms with Crippen molar-refractivity contribution < 1.29 is 4.74 Å². The Hall–Kier alpha value is -2.92. The molecule has 0 fully saturated rings. The number of hydrogen-bond acceptors (Lipinski definition) is 5. The van der Waals surface area contributed by atoms with E-state index in [2.05, 4.69) is 29.6 Å². The standard InChI is InChI=1S/C21H19N3OS/c1-25-16-10-8-15(9-11-16)12-13-22-20-17-5-2-3-6-18(17)23-21(24-20)19-7-4-14-26-19/h2-11,14H,12-13H2,1H3,(H,22,23,24). The number of hydrogen-bond donors (Lipinski definition) is 1. The van der Waals surface area contributed by atoms with E-state index in [1.165, 1.54) is 5.56 Å². The highest BCUT2D eigenvalue weighted by atomic mass is 32.1. The molecule has 0 spiro atoms. The predicted octanol–water partition coefficient (Wildman–Crippen LogP) is 5.02. The van der Waals surface area contributed by atoms with E-state index in [0.29, 0.717) is 0 Å². The SMILES string of the molecule is COc1ccc(CCNc2nc(-c3cccs3)nc3ccccc23)cc1. The topological polar surface area (TPSA) is 47.0 Å². The third kappa shape index (κ3) is 3.53. The Morgan fingerprint density at radius 2 is 1.81 bits per heavy atom. The number of methoxy groups -OCH3 is 1. The Bertz CT molecular complexity index is 998. The first-order valence-corrected chi connectivity index (χ1v) is 9.39. The zero-order valence-corrected chi connectivity index (χ0v) is 15.3. The van der Waals surface area contributed by atoms with Crippen LogP contribution in [0.4, 0.5) is 5.82 Å². The van der Waals surface area contributed by atoms with Gasteiger partial charge in [-0.15, -0.1) is 11.3 Å². The summed E-state index contributed by atoms with van der Waals surface area (Å²) in [6, 6.07) is 20.4. The maximum Gasteiger partial charge on any atom is 0.172 e. The molecule has 0 saturated heterocycles. The molecule has 0 atom stereocenters. The molecule has 0 aliphatic carbocycles. The molecule has 0 saturated carbocycles. The molecule has 4 aromatic rings. The van der Waals surface area contributed by atoms with Gasteiger partial charge >= 0.3 is 0 Å². The summed E-state index contributed by atoms with van der Waals surface area (Å²) >= 11 is 1.65. The van der Waals surface area contributed by atoms with Crippen LogP contribution in [-0.4, -0.2) is 23.6 Å². The van der Waals surface area contributed by atoms with Gasteiger partial charge in [0, 0.05) is 11.9 Å². The Kier molecular flexibility index (Phi) is 4.80. The lowest BCUT2D eigenvalue weighted by atomic mass is 10.1. The van der Waals surface area contributed by atoms with Crippen molar-refractivity contribution in [2.75, 3.05) is 19.0 Å². The molecular formula is C21H19N3OS. The van der Waals surface area contributed by atoms with Crippen LogP contribution in [0.2, 0.25) is 0 Å². The summed E-state index contributed by atoms with van der Waals surface area (Å²) in [5, 5.41) is 6.58. The van der Waals surface area contributed by atoms with E-state index in [9.17, 15) is 0 Å². The minimum atomic E-state index is 0.769. The smallest absolute Gasteiger partial charge is 0.172 e. The molecule has 0 radical (unpaired) electrons. The van der Waals surface area contributed by atoms with Crippen molar-refractivity contribution in [3.63, 3.8) is 0 Å². The fourth-order valence-corrected chi connectivity index (χ4v) is 3.50. The second kappa shape index (κ2) is 7.54. The molecule has 26 heavy (non-hydrogen) atoms. The number of benzene rings is 2. The van der Waals surface area contributed by atoms with Crippen LogP contribution in [0, 0.1) is 0 Å². The molecule has 4 rings (SSSR count). The molecule has 0 aliphatic heterocycles. The summed E-state index contributed by atoms with van der Waals surface area (Å²) in [5.41, 5.74) is 2.22. The van der Waals surface area contributed by atoms with Crippen LogP contribution >= 0.6 is 11.3 Å². The molecule has 5 heteroatoms. The average Bonchev–Trinajstić information content (AvgIpc) is 3.23. The maximum atomic E-state index is 5.21. The Labute approximate surface area is 156 Å². The number of aromatic nitrogens is 2. The van der Waals surface area contributed by atoms with Gasteiger partial charge in [0.25, 0.3) is 0 Å². The summed E-state index contributed by atoms with van der Waals surface area (Å²) in [5.74, 6) is 2.53. The first-order chi connectivity index (χ1) is 12.8. The second-order valence-electron chi connectivity index (χ2n) is 5.92. The summed E-state index contributed by atoms with van der Waals surface area (Å²) in [6.07, 6.45) is 0.913. The third-order valence-electron chi connectivity index (χ3n) is 4.21. The lowest BCUT2D eigenvalue weighted by molar-refractivity contribution is 0.414. The quantitative estimate of drug-likeness (QED) is 0.524. The highest BCUT2D eigenvalue weighted by Crippen LogP contribution is 2.27. The third-order valence-corrected chi connectivity index (χ3v) is 5.08. The summed E-state index contributed by atoms with van der Waals surface area (Å²) in [4.78, 5) is 10.6. The number of rotatable bonds is 6. The Morgan fingerprint density at radius 3 is 2.58 bits per heavy atom. The number of thiophene rings is 1. The molecule has 1 N–H and O–H groups in total. The zero-order chi connectivity index (χ0) is 17.8. The fourth-order valence-electron chi connectivity index (χ4n) is 2.84. The van der Waals surface area contributed by atoms with Gasteiger partial charge in [0.1, 0.15) is 11.6 Å². The van der Waals surface area contributed by atoms with Crippen molar-refractivity contribution in [3.05, 3.63) is 71.6 Å².